The van der Waals surface area contributed by atoms with Crippen molar-refractivity contribution in [2.45, 2.75) is 25.4 Å². The van der Waals surface area contributed by atoms with E-state index in [0.717, 1.165) is 53.8 Å². The molecule has 0 aliphatic carbocycles. The number of hydrogen-bond donors (Lipinski definition) is 1. The summed E-state index contributed by atoms with van der Waals surface area (Å²) in [5.74, 6) is 1.63. The van der Waals surface area contributed by atoms with Gasteiger partial charge in [-0.05, 0) is 59.7 Å². The molecule has 192 valence electrons. The highest BCUT2D eigenvalue weighted by molar-refractivity contribution is 6.38. The first-order valence-corrected chi connectivity index (χ1v) is 13.4. The van der Waals surface area contributed by atoms with Crippen LogP contribution in [-0.4, -0.2) is 37.7 Å². The first-order chi connectivity index (χ1) is 18.5. The molecule has 0 saturated carbocycles. The molecule has 1 aliphatic heterocycles. The van der Waals surface area contributed by atoms with Crippen molar-refractivity contribution in [2.24, 2.45) is 13.0 Å². The SMILES string of the molecule is CC1CCN(c2nc3ccc(C(O)(c4ccncc4)c4cncn4C)cc3c(Cl)c2-c2ccccc2)CC1. The molecule has 0 spiro atoms. The lowest BCUT2D eigenvalue weighted by Crippen LogP contribution is -2.34. The van der Waals surface area contributed by atoms with E-state index >= 15 is 0 Å². The molecule has 2 aromatic carbocycles. The van der Waals surface area contributed by atoms with E-state index in [1.807, 2.05) is 60.1 Å². The van der Waals surface area contributed by atoms with Crippen LogP contribution in [0.25, 0.3) is 22.0 Å². The van der Waals surface area contributed by atoms with Gasteiger partial charge < -0.3 is 14.6 Å². The van der Waals surface area contributed by atoms with E-state index in [-0.39, 0.29) is 0 Å². The topological polar surface area (TPSA) is 67.1 Å². The molecule has 0 radical (unpaired) electrons. The van der Waals surface area contributed by atoms with E-state index in [4.69, 9.17) is 16.6 Å². The van der Waals surface area contributed by atoms with Gasteiger partial charge in [0.05, 0.1) is 28.8 Å². The van der Waals surface area contributed by atoms with Gasteiger partial charge in [-0.25, -0.2) is 9.97 Å². The van der Waals surface area contributed by atoms with Crippen LogP contribution in [0.4, 0.5) is 5.82 Å². The highest BCUT2D eigenvalue weighted by Gasteiger charge is 2.37. The van der Waals surface area contributed by atoms with Gasteiger partial charge in [0.2, 0.25) is 0 Å². The molecular formula is C31H30ClN5O. The van der Waals surface area contributed by atoms with E-state index in [1.54, 1.807) is 24.9 Å². The minimum atomic E-state index is -1.46. The number of anilines is 1. The number of aryl methyl sites for hydroxylation is 1. The Morgan fingerprint density at radius 3 is 2.37 bits per heavy atom. The standard InChI is InChI=1S/C31H30ClN5O/c1-21-12-16-37(17-13-21)30-28(22-6-4-3-5-7-22)29(32)25-18-24(8-9-26(25)35-30)31(38,23-10-14-33-15-11-23)27-19-34-20-36(27)2/h3-11,14-15,18-21,38H,12-13,16-17H2,1-2H3. The first kappa shape index (κ1) is 24.6. The average molecular weight is 524 g/mol. The van der Waals surface area contributed by atoms with Crippen molar-refractivity contribution in [1.29, 1.82) is 0 Å². The number of aliphatic hydroxyl groups is 1. The van der Waals surface area contributed by atoms with Gasteiger partial charge >= 0.3 is 0 Å². The summed E-state index contributed by atoms with van der Waals surface area (Å²) >= 11 is 7.28. The van der Waals surface area contributed by atoms with Crippen LogP contribution in [0, 0.1) is 5.92 Å². The zero-order valence-corrected chi connectivity index (χ0v) is 22.3. The van der Waals surface area contributed by atoms with Crippen molar-refractivity contribution in [2.75, 3.05) is 18.0 Å². The molecule has 1 saturated heterocycles. The smallest absolute Gasteiger partial charge is 0.157 e. The Labute approximate surface area is 227 Å². The summed E-state index contributed by atoms with van der Waals surface area (Å²) in [6.07, 6.45) is 9.02. The molecule has 1 fully saturated rings. The van der Waals surface area contributed by atoms with Crippen LogP contribution in [0.2, 0.25) is 5.02 Å². The number of piperidine rings is 1. The molecule has 7 heteroatoms. The fourth-order valence-electron chi connectivity index (χ4n) is 5.51. The normalized spacial score (nSPS) is 16.1. The predicted octanol–water partition coefficient (Wildman–Crippen LogP) is 6.20. The van der Waals surface area contributed by atoms with Gasteiger partial charge in [-0.15, -0.1) is 0 Å². The minimum Gasteiger partial charge on any atom is -0.374 e. The van der Waals surface area contributed by atoms with Crippen LogP contribution in [0.3, 0.4) is 0 Å². The van der Waals surface area contributed by atoms with Crippen LogP contribution in [-0.2, 0) is 12.6 Å². The molecule has 1 unspecified atom stereocenters. The van der Waals surface area contributed by atoms with Gasteiger partial charge in [-0.1, -0.05) is 54.9 Å². The van der Waals surface area contributed by atoms with Gasteiger partial charge in [0, 0.05) is 43.5 Å². The van der Waals surface area contributed by atoms with E-state index < -0.39 is 5.60 Å². The molecular weight excluding hydrogens is 494 g/mol. The van der Waals surface area contributed by atoms with Gasteiger partial charge in [-0.3, -0.25) is 4.98 Å². The molecule has 0 bridgehead atoms. The third kappa shape index (κ3) is 4.14. The molecule has 3 aromatic heterocycles. The zero-order chi connectivity index (χ0) is 26.3. The largest absolute Gasteiger partial charge is 0.374 e. The summed E-state index contributed by atoms with van der Waals surface area (Å²) in [6, 6.07) is 19.7. The summed E-state index contributed by atoms with van der Waals surface area (Å²) in [5, 5.41) is 13.8. The van der Waals surface area contributed by atoms with Crippen molar-refractivity contribution in [3.05, 3.63) is 107 Å². The lowest BCUT2D eigenvalue weighted by molar-refractivity contribution is 0.117. The Hall–Kier alpha value is -3.74. The monoisotopic (exact) mass is 523 g/mol. The number of fused-ring (bicyclic) bond motifs is 1. The third-order valence-electron chi connectivity index (χ3n) is 7.75. The van der Waals surface area contributed by atoms with Crippen molar-refractivity contribution < 1.29 is 5.11 Å². The Kier molecular flexibility index (Phi) is 6.38. The summed E-state index contributed by atoms with van der Waals surface area (Å²) in [7, 11) is 1.88. The second kappa shape index (κ2) is 9.86. The third-order valence-corrected chi connectivity index (χ3v) is 8.14. The number of halogens is 1. The Morgan fingerprint density at radius 1 is 0.947 bits per heavy atom. The number of rotatable bonds is 5. The molecule has 6 rings (SSSR count). The van der Waals surface area contributed by atoms with Crippen LogP contribution in [0.5, 0.6) is 0 Å². The van der Waals surface area contributed by atoms with E-state index in [0.29, 0.717) is 27.8 Å². The number of benzene rings is 2. The quantitative estimate of drug-likeness (QED) is 0.297. The number of aromatic nitrogens is 4. The highest BCUT2D eigenvalue weighted by Crippen LogP contribution is 2.44. The summed E-state index contributed by atoms with van der Waals surface area (Å²) in [6.45, 7) is 4.22. The molecule has 0 amide bonds. The van der Waals surface area contributed by atoms with Gasteiger partial charge in [0.1, 0.15) is 5.82 Å². The number of pyridine rings is 2. The van der Waals surface area contributed by atoms with Gasteiger partial charge in [0.15, 0.2) is 5.60 Å². The number of nitrogens with zero attached hydrogens (tertiary/aromatic N) is 5. The summed E-state index contributed by atoms with van der Waals surface area (Å²) < 4.78 is 1.83. The predicted molar refractivity (Wildman–Crippen MR) is 152 cm³/mol. The average Bonchev–Trinajstić information content (AvgIpc) is 3.40. The molecule has 4 heterocycles. The maximum absolute atomic E-state index is 12.4. The van der Waals surface area contributed by atoms with Gasteiger partial charge in [-0.2, -0.15) is 0 Å². The molecule has 6 nitrogen and oxygen atoms in total. The number of imidazole rings is 1. The Bertz CT molecular complexity index is 1580. The van der Waals surface area contributed by atoms with Gasteiger partial charge in [0.25, 0.3) is 0 Å². The lowest BCUT2D eigenvalue weighted by atomic mass is 9.83. The molecule has 5 aromatic rings. The molecule has 1 atom stereocenters. The fraction of sp³-hybridized carbons (Fsp3) is 0.258. The van der Waals surface area contributed by atoms with Crippen molar-refractivity contribution in [3.8, 4) is 11.1 Å². The molecule has 1 N–H and O–H groups in total. The van der Waals surface area contributed by atoms with Crippen molar-refractivity contribution in [3.63, 3.8) is 0 Å². The van der Waals surface area contributed by atoms with Crippen molar-refractivity contribution >= 4 is 28.3 Å². The molecule has 1 aliphatic rings. The molecule has 38 heavy (non-hydrogen) atoms. The van der Waals surface area contributed by atoms with Crippen LogP contribution >= 0.6 is 11.6 Å². The van der Waals surface area contributed by atoms with Crippen LogP contribution in [0.15, 0.2) is 85.6 Å². The highest BCUT2D eigenvalue weighted by atomic mass is 35.5. The van der Waals surface area contributed by atoms with Crippen molar-refractivity contribution in [1.82, 2.24) is 19.5 Å². The van der Waals surface area contributed by atoms with E-state index in [2.05, 4.69) is 33.9 Å². The second-order valence-electron chi connectivity index (χ2n) is 10.2. The first-order valence-electron chi connectivity index (χ1n) is 13.0. The number of hydrogen-bond acceptors (Lipinski definition) is 5. The Balaban J connectivity index is 1.58. The maximum Gasteiger partial charge on any atom is 0.157 e. The summed E-state index contributed by atoms with van der Waals surface area (Å²) in [4.78, 5) is 16.0. The lowest BCUT2D eigenvalue weighted by Gasteiger charge is -2.33. The van der Waals surface area contributed by atoms with E-state index in [1.165, 1.54) is 0 Å². The van der Waals surface area contributed by atoms with E-state index in [9.17, 15) is 5.11 Å². The Morgan fingerprint density at radius 2 is 1.68 bits per heavy atom. The van der Waals surface area contributed by atoms with Crippen LogP contribution in [0.1, 0.15) is 36.6 Å². The zero-order valence-electron chi connectivity index (χ0n) is 21.5. The van der Waals surface area contributed by atoms with Crippen LogP contribution < -0.4 is 4.90 Å². The second-order valence-corrected chi connectivity index (χ2v) is 10.6. The summed E-state index contributed by atoms with van der Waals surface area (Å²) in [5.41, 5.74) is 3.33. The fourth-order valence-corrected chi connectivity index (χ4v) is 5.85. The minimum absolute atomic E-state index is 0.638. The maximum atomic E-state index is 12.4.